The summed E-state index contributed by atoms with van der Waals surface area (Å²) in [7, 11) is 0. The van der Waals surface area contributed by atoms with Gasteiger partial charge >= 0.3 is 0 Å². The molecule has 1 aromatic rings. The average molecular weight is 251 g/mol. The third kappa shape index (κ3) is 3.95. The van der Waals surface area contributed by atoms with Gasteiger partial charge in [0.15, 0.2) is 5.78 Å². The molecule has 0 saturated carbocycles. The van der Waals surface area contributed by atoms with Crippen LogP contribution in [0.5, 0.6) is 0 Å². The Bertz CT molecular complexity index is 384. The topological polar surface area (TPSA) is 60.9 Å². The van der Waals surface area contributed by atoms with Crippen molar-refractivity contribution in [3.05, 3.63) is 17.5 Å². The van der Waals surface area contributed by atoms with Gasteiger partial charge in [0.2, 0.25) is 0 Å². The summed E-state index contributed by atoms with van der Waals surface area (Å²) in [6, 6.07) is 1.70. The second-order valence-electron chi connectivity index (χ2n) is 4.69. The van der Waals surface area contributed by atoms with Crippen LogP contribution in [0.25, 0.3) is 0 Å². The molecule has 1 atom stereocenters. The van der Waals surface area contributed by atoms with Gasteiger partial charge in [-0.2, -0.15) is 5.10 Å². The van der Waals surface area contributed by atoms with Crippen LogP contribution < -0.4 is 5.73 Å². The van der Waals surface area contributed by atoms with Crippen LogP contribution in [0.4, 0.5) is 0 Å². The zero-order chi connectivity index (χ0) is 13.5. The van der Waals surface area contributed by atoms with Gasteiger partial charge in [-0.3, -0.25) is 9.48 Å². The van der Waals surface area contributed by atoms with Crippen molar-refractivity contribution < 1.29 is 4.79 Å². The van der Waals surface area contributed by atoms with Crippen molar-refractivity contribution in [3.63, 3.8) is 0 Å². The summed E-state index contributed by atoms with van der Waals surface area (Å²) < 4.78 is 1.91. The van der Waals surface area contributed by atoms with Gasteiger partial charge in [-0.1, -0.05) is 26.7 Å². The van der Waals surface area contributed by atoms with Crippen molar-refractivity contribution in [1.29, 1.82) is 0 Å². The average Bonchev–Trinajstić information content (AvgIpc) is 2.77. The number of unbranched alkanes of at least 4 members (excludes halogenated alkanes) is 1. The summed E-state index contributed by atoms with van der Waals surface area (Å²) >= 11 is 0. The number of carbonyl (C=O) groups is 1. The molecule has 1 aromatic heterocycles. The van der Waals surface area contributed by atoms with Gasteiger partial charge in [-0.15, -0.1) is 0 Å². The van der Waals surface area contributed by atoms with Gasteiger partial charge in [0, 0.05) is 12.2 Å². The van der Waals surface area contributed by atoms with Crippen molar-refractivity contribution in [2.24, 2.45) is 5.73 Å². The van der Waals surface area contributed by atoms with Gasteiger partial charge in [0.1, 0.15) is 0 Å². The lowest BCUT2D eigenvalue weighted by molar-refractivity contribution is -0.119. The van der Waals surface area contributed by atoms with Gasteiger partial charge in [0.25, 0.3) is 0 Å². The van der Waals surface area contributed by atoms with E-state index in [1.165, 1.54) is 0 Å². The first-order valence-electron chi connectivity index (χ1n) is 6.96. The minimum atomic E-state index is -0.324. The molecule has 0 bridgehead atoms. The summed E-state index contributed by atoms with van der Waals surface area (Å²) in [4.78, 5) is 12.0. The highest BCUT2D eigenvalue weighted by molar-refractivity contribution is 5.85. The lowest BCUT2D eigenvalue weighted by atomic mass is 10.0. The van der Waals surface area contributed by atoms with Crippen LogP contribution in [0, 0.1) is 0 Å². The Hall–Kier alpha value is -1.16. The van der Waals surface area contributed by atoms with E-state index in [9.17, 15) is 4.79 Å². The fourth-order valence-electron chi connectivity index (χ4n) is 2.00. The van der Waals surface area contributed by atoms with Gasteiger partial charge in [-0.25, -0.2) is 0 Å². The molecule has 4 heteroatoms. The number of aromatic nitrogens is 2. The van der Waals surface area contributed by atoms with E-state index in [4.69, 9.17) is 5.73 Å². The molecule has 0 aromatic carbocycles. The largest absolute Gasteiger partial charge is 0.321 e. The summed E-state index contributed by atoms with van der Waals surface area (Å²) in [5.74, 6) is 0.126. The van der Waals surface area contributed by atoms with E-state index >= 15 is 0 Å². The maximum atomic E-state index is 12.0. The molecule has 0 fully saturated rings. The zero-order valence-corrected chi connectivity index (χ0v) is 11.8. The lowest BCUT2D eigenvalue weighted by Gasteiger charge is -2.10. The minimum absolute atomic E-state index is 0.126. The third-order valence-corrected chi connectivity index (χ3v) is 3.21. The Balaban J connectivity index is 2.65. The number of Topliss-reactive ketones (excluding diaryl/α,β-unsaturated/α-hetero) is 1. The van der Waals surface area contributed by atoms with E-state index in [1.54, 1.807) is 0 Å². The summed E-state index contributed by atoms with van der Waals surface area (Å²) in [5, 5.41) is 4.45. The van der Waals surface area contributed by atoms with Gasteiger partial charge < -0.3 is 5.73 Å². The predicted octanol–water partition coefficient (Wildman–Crippen LogP) is 2.09. The molecular formula is C14H25N3O. The standard InChI is InChI=1S/C14H25N3O/c1-4-7-8-13(15)14(18)10-12-9-11(5-2)16-17(12)6-3/h9,13H,4-8,10,15H2,1-3H3. The Labute approximate surface area is 110 Å². The maximum Gasteiger partial charge on any atom is 0.155 e. The fraction of sp³-hybridized carbons (Fsp3) is 0.714. The second-order valence-corrected chi connectivity index (χ2v) is 4.69. The molecule has 0 radical (unpaired) electrons. The van der Waals surface area contributed by atoms with Crippen molar-refractivity contribution >= 4 is 5.78 Å². The monoisotopic (exact) mass is 251 g/mol. The van der Waals surface area contributed by atoms with E-state index in [1.807, 2.05) is 17.7 Å². The molecule has 0 aliphatic heterocycles. The van der Waals surface area contributed by atoms with Crippen LogP contribution in [0.1, 0.15) is 51.4 Å². The molecular weight excluding hydrogens is 226 g/mol. The molecule has 0 spiro atoms. The number of nitrogens with zero attached hydrogens (tertiary/aromatic N) is 2. The molecule has 1 rings (SSSR count). The molecule has 102 valence electrons. The van der Waals surface area contributed by atoms with E-state index in [0.717, 1.165) is 43.6 Å². The Kier molecular flexibility index (Phi) is 6.05. The molecule has 1 unspecified atom stereocenters. The molecule has 0 saturated heterocycles. The molecule has 0 amide bonds. The van der Waals surface area contributed by atoms with E-state index in [2.05, 4.69) is 18.9 Å². The van der Waals surface area contributed by atoms with Crippen LogP contribution in [0.3, 0.4) is 0 Å². The Morgan fingerprint density at radius 3 is 2.72 bits per heavy atom. The fourth-order valence-corrected chi connectivity index (χ4v) is 2.00. The molecule has 0 aliphatic rings. The number of aryl methyl sites for hydroxylation is 2. The zero-order valence-electron chi connectivity index (χ0n) is 11.8. The summed E-state index contributed by atoms with van der Waals surface area (Å²) in [6.45, 7) is 7.02. The maximum absolute atomic E-state index is 12.0. The van der Waals surface area contributed by atoms with Crippen LogP contribution >= 0.6 is 0 Å². The van der Waals surface area contributed by atoms with Crippen LogP contribution in [-0.2, 0) is 24.2 Å². The molecule has 0 aliphatic carbocycles. The SMILES string of the molecule is CCCCC(N)C(=O)Cc1cc(CC)nn1CC. The van der Waals surface area contributed by atoms with Crippen LogP contribution in [0.2, 0.25) is 0 Å². The minimum Gasteiger partial charge on any atom is -0.321 e. The molecule has 18 heavy (non-hydrogen) atoms. The lowest BCUT2D eigenvalue weighted by Crippen LogP contribution is -2.32. The van der Waals surface area contributed by atoms with Crippen molar-refractivity contribution in [2.75, 3.05) is 0 Å². The van der Waals surface area contributed by atoms with E-state index in [-0.39, 0.29) is 11.8 Å². The van der Waals surface area contributed by atoms with Crippen LogP contribution in [0.15, 0.2) is 6.07 Å². The highest BCUT2D eigenvalue weighted by Gasteiger charge is 2.16. The smallest absolute Gasteiger partial charge is 0.155 e. The second kappa shape index (κ2) is 7.31. The van der Waals surface area contributed by atoms with E-state index < -0.39 is 0 Å². The first-order chi connectivity index (χ1) is 8.62. The molecule has 4 nitrogen and oxygen atoms in total. The number of hydrogen-bond acceptors (Lipinski definition) is 3. The highest BCUT2D eigenvalue weighted by Crippen LogP contribution is 2.09. The summed E-state index contributed by atoms with van der Waals surface area (Å²) in [5.41, 5.74) is 7.94. The summed E-state index contributed by atoms with van der Waals surface area (Å²) in [6.07, 6.45) is 4.19. The van der Waals surface area contributed by atoms with Crippen molar-refractivity contribution in [1.82, 2.24) is 9.78 Å². The number of nitrogens with two attached hydrogens (primary N) is 1. The quantitative estimate of drug-likeness (QED) is 0.769. The third-order valence-electron chi connectivity index (χ3n) is 3.21. The van der Waals surface area contributed by atoms with Gasteiger partial charge in [-0.05, 0) is 25.8 Å². The predicted molar refractivity (Wildman–Crippen MR) is 73.5 cm³/mol. The molecule has 2 N–H and O–H groups in total. The number of carbonyl (C=O) groups excluding carboxylic acids is 1. The number of ketones is 1. The van der Waals surface area contributed by atoms with Crippen molar-refractivity contribution in [2.45, 2.75) is 65.5 Å². The Morgan fingerprint density at radius 2 is 2.17 bits per heavy atom. The van der Waals surface area contributed by atoms with E-state index in [0.29, 0.717) is 6.42 Å². The van der Waals surface area contributed by atoms with Crippen LogP contribution in [-0.4, -0.2) is 21.6 Å². The van der Waals surface area contributed by atoms with Crippen molar-refractivity contribution in [3.8, 4) is 0 Å². The van der Waals surface area contributed by atoms with Gasteiger partial charge in [0.05, 0.1) is 18.2 Å². The Morgan fingerprint density at radius 1 is 1.44 bits per heavy atom. The normalized spacial score (nSPS) is 12.7. The number of rotatable bonds is 8. The first-order valence-corrected chi connectivity index (χ1v) is 6.96. The molecule has 1 heterocycles. The highest BCUT2D eigenvalue weighted by atomic mass is 16.1. The number of hydrogen-bond donors (Lipinski definition) is 1. The first kappa shape index (κ1) is 14.9.